The topological polar surface area (TPSA) is 29.1 Å². The van der Waals surface area contributed by atoms with Crippen LogP contribution in [-0.4, -0.2) is 11.9 Å². The van der Waals surface area contributed by atoms with Crippen LogP contribution in [-0.2, 0) is 4.79 Å². The van der Waals surface area contributed by atoms with Crippen molar-refractivity contribution >= 4 is 5.91 Å². The van der Waals surface area contributed by atoms with Crippen molar-refractivity contribution in [3.63, 3.8) is 0 Å². The van der Waals surface area contributed by atoms with E-state index < -0.39 is 0 Å². The third kappa shape index (κ3) is 7.59. The van der Waals surface area contributed by atoms with Crippen LogP contribution in [0, 0.1) is 5.41 Å². The van der Waals surface area contributed by atoms with Crippen LogP contribution in [0.25, 0.3) is 0 Å². The van der Waals surface area contributed by atoms with Crippen molar-refractivity contribution in [3.05, 3.63) is 0 Å². The van der Waals surface area contributed by atoms with Crippen LogP contribution in [0.2, 0.25) is 0 Å². The molecule has 1 aliphatic carbocycles. The summed E-state index contributed by atoms with van der Waals surface area (Å²) in [5.41, 5.74) is 0.428. The molecule has 2 heteroatoms. The van der Waals surface area contributed by atoms with Gasteiger partial charge in [0.15, 0.2) is 0 Å². The first-order valence-corrected chi connectivity index (χ1v) is 8.33. The van der Waals surface area contributed by atoms with Crippen molar-refractivity contribution in [2.75, 3.05) is 0 Å². The minimum Gasteiger partial charge on any atom is -0.353 e. The summed E-state index contributed by atoms with van der Waals surface area (Å²) < 4.78 is 0. The molecular weight excluding hydrogens is 234 g/mol. The van der Waals surface area contributed by atoms with Crippen LogP contribution >= 0.6 is 0 Å². The van der Waals surface area contributed by atoms with Gasteiger partial charge < -0.3 is 5.32 Å². The van der Waals surface area contributed by atoms with E-state index in [-0.39, 0.29) is 5.91 Å². The van der Waals surface area contributed by atoms with Crippen LogP contribution in [0.3, 0.4) is 0 Å². The third-order valence-electron chi connectivity index (χ3n) is 4.34. The molecule has 112 valence electrons. The Morgan fingerprint density at radius 2 is 1.74 bits per heavy atom. The van der Waals surface area contributed by atoms with Gasteiger partial charge in [0, 0.05) is 12.5 Å². The van der Waals surface area contributed by atoms with Crippen LogP contribution in [0.15, 0.2) is 0 Å². The Kier molecular flexibility index (Phi) is 7.48. The number of hydrogen-bond donors (Lipinski definition) is 1. The average molecular weight is 267 g/mol. The SMILES string of the molecule is CCCCCCCCCC(=O)NC1CCC(C)(C)C1. The predicted octanol–water partition coefficient (Wildman–Crippen LogP) is 4.82. The van der Waals surface area contributed by atoms with Gasteiger partial charge in [-0.15, -0.1) is 0 Å². The predicted molar refractivity (Wildman–Crippen MR) is 82.2 cm³/mol. The molecule has 1 unspecified atom stereocenters. The number of nitrogens with one attached hydrogen (secondary N) is 1. The summed E-state index contributed by atoms with van der Waals surface area (Å²) in [5.74, 6) is 0.274. The summed E-state index contributed by atoms with van der Waals surface area (Å²) in [4.78, 5) is 11.8. The molecule has 1 aliphatic rings. The van der Waals surface area contributed by atoms with Crippen molar-refractivity contribution < 1.29 is 4.79 Å². The summed E-state index contributed by atoms with van der Waals surface area (Å²) in [6, 6.07) is 0.437. The van der Waals surface area contributed by atoms with Gasteiger partial charge in [0.2, 0.25) is 5.91 Å². The highest BCUT2D eigenvalue weighted by atomic mass is 16.1. The van der Waals surface area contributed by atoms with Crippen molar-refractivity contribution in [2.24, 2.45) is 5.41 Å². The smallest absolute Gasteiger partial charge is 0.220 e. The lowest BCUT2D eigenvalue weighted by Gasteiger charge is -2.17. The van der Waals surface area contributed by atoms with E-state index in [2.05, 4.69) is 26.1 Å². The first kappa shape index (κ1) is 16.5. The van der Waals surface area contributed by atoms with Crippen molar-refractivity contribution in [1.82, 2.24) is 5.32 Å². The fourth-order valence-corrected chi connectivity index (χ4v) is 3.10. The first-order chi connectivity index (χ1) is 9.03. The summed E-state index contributed by atoms with van der Waals surface area (Å²) in [6.45, 7) is 6.85. The number of hydrogen-bond acceptors (Lipinski definition) is 1. The zero-order chi connectivity index (χ0) is 14.1. The first-order valence-electron chi connectivity index (χ1n) is 8.33. The molecule has 1 amide bonds. The quantitative estimate of drug-likeness (QED) is 0.596. The van der Waals surface area contributed by atoms with Gasteiger partial charge in [0.05, 0.1) is 0 Å². The van der Waals surface area contributed by atoms with E-state index in [1.807, 2.05) is 0 Å². The number of amides is 1. The Morgan fingerprint density at radius 1 is 1.11 bits per heavy atom. The lowest BCUT2D eigenvalue weighted by atomic mass is 9.92. The monoisotopic (exact) mass is 267 g/mol. The van der Waals surface area contributed by atoms with Gasteiger partial charge in [-0.25, -0.2) is 0 Å². The zero-order valence-corrected chi connectivity index (χ0v) is 13.3. The highest BCUT2D eigenvalue weighted by Crippen LogP contribution is 2.36. The molecule has 1 atom stereocenters. The van der Waals surface area contributed by atoms with Crippen LogP contribution < -0.4 is 5.32 Å². The molecule has 0 radical (unpaired) electrons. The van der Waals surface area contributed by atoms with E-state index in [0.29, 0.717) is 11.5 Å². The molecule has 0 aromatic rings. The van der Waals surface area contributed by atoms with E-state index in [1.165, 1.54) is 44.9 Å². The summed E-state index contributed by atoms with van der Waals surface area (Å²) >= 11 is 0. The summed E-state index contributed by atoms with van der Waals surface area (Å²) in [6.07, 6.45) is 13.2. The number of rotatable bonds is 9. The maximum absolute atomic E-state index is 11.8. The molecule has 19 heavy (non-hydrogen) atoms. The molecule has 1 fully saturated rings. The molecule has 1 saturated carbocycles. The van der Waals surface area contributed by atoms with Crippen molar-refractivity contribution in [2.45, 2.75) is 97.4 Å². The van der Waals surface area contributed by atoms with E-state index in [9.17, 15) is 4.79 Å². The molecule has 1 rings (SSSR count). The Balaban J connectivity index is 1.97. The largest absolute Gasteiger partial charge is 0.353 e. The van der Waals surface area contributed by atoms with Gasteiger partial charge in [-0.05, 0) is 31.1 Å². The molecule has 0 heterocycles. The molecule has 0 spiro atoms. The molecule has 1 N–H and O–H groups in total. The highest BCUT2D eigenvalue weighted by Gasteiger charge is 2.31. The third-order valence-corrected chi connectivity index (χ3v) is 4.34. The molecule has 0 aromatic carbocycles. The van der Waals surface area contributed by atoms with Crippen LogP contribution in [0.5, 0.6) is 0 Å². The fraction of sp³-hybridized carbons (Fsp3) is 0.941. The Bertz CT molecular complexity index is 260. The van der Waals surface area contributed by atoms with Crippen molar-refractivity contribution in [1.29, 1.82) is 0 Å². The zero-order valence-electron chi connectivity index (χ0n) is 13.3. The average Bonchev–Trinajstić information content (AvgIpc) is 2.67. The minimum absolute atomic E-state index is 0.274. The minimum atomic E-state index is 0.274. The number of carbonyl (C=O) groups excluding carboxylic acids is 1. The number of unbranched alkanes of at least 4 members (excludes halogenated alkanes) is 6. The lowest BCUT2D eigenvalue weighted by molar-refractivity contribution is -0.121. The lowest BCUT2D eigenvalue weighted by Crippen LogP contribution is -2.33. The van der Waals surface area contributed by atoms with Gasteiger partial charge >= 0.3 is 0 Å². The van der Waals surface area contributed by atoms with E-state index in [0.717, 1.165) is 25.7 Å². The van der Waals surface area contributed by atoms with Gasteiger partial charge in [-0.1, -0.05) is 59.3 Å². The van der Waals surface area contributed by atoms with Crippen LogP contribution in [0.1, 0.15) is 91.4 Å². The van der Waals surface area contributed by atoms with Gasteiger partial charge in [-0.3, -0.25) is 4.79 Å². The second kappa shape index (κ2) is 8.60. The Hall–Kier alpha value is -0.530. The molecular formula is C17H33NO. The Morgan fingerprint density at radius 3 is 2.32 bits per heavy atom. The molecule has 0 saturated heterocycles. The summed E-state index contributed by atoms with van der Waals surface area (Å²) in [7, 11) is 0. The van der Waals surface area contributed by atoms with Gasteiger partial charge in [0.25, 0.3) is 0 Å². The van der Waals surface area contributed by atoms with E-state index in [4.69, 9.17) is 0 Å². The standard InChI is InChI=1S/C17H33NO/c1-4-5-6-7-8-9-10-11-16(19)18-15-12-13-17(2,3)14-15/h15H,4-14H2,1-3H3,(H,18,19). The summed E-state index contributed by atoms with van der Waals surface area (Å²) in [5, 5.41) is 3.21. The normalized spacial score (nSPS) is 21.5. The van der Waals surface area contributed by atoms with E-state index >= 15 is 0 Å². The van der Waals surface area contributed by atoms with Crippen molar-refractivity contribution in [3.8, 4) is 0 Å². The van der Waals surface area contributed by atoms with E-state index in [1.54, 1.807) is 0 Å². The second-order valence-electron chi connectivity index (χ2n) is 7.04. The van der Waals surface area contributed by atoms with Gasteiger partial charge in [0.1, 0.15) is 0 Å². The second-order valence-corrected chi connectivity index (χ2v) is 7.04. The Labute approximate surface area is 119 Å². The maximum atomic E-state index is 11.8. The molecule has 0 aromatic heterocycles. The molecule has 0 bridgehead atoms. The molecule has 0 aliphatic heterocycles. The fourth-order valence-electron chi connectivity index (χ4n) is 3.10. The highest BCUT2D eigenvalue weighted by molar-refractivity contribution is 5.76. The van der Waals surface area contributed by atoms with Gasteiger partial charge in [-0.2, -0.15) is 0 Å². The van der Waals surface area contributed by atoms with Crippen LogP contribution in [0.4, 0.5) is 0 Å². The molecule has 2 nitrogen and oxygen atoms in total. The maximum Gasteiger partial charge on any atom is 0.220 e. The number of carbonyl (C=O) groups is 1.